The first-order valence-corrected chi connectivity index (χ1v) is 7.64. The normalized spacial score (nSPS) is 19.4. The zero-order chi connectivity index (χ0) is 13.8. The number of anilines is 1. The standard InChI is InChI=1S/C15H23N5/c1-2-9-19(12-13-6-5-8-16-11-13)15-17-14-7-3-4-10-20(14)18-15/h3-4,7,10,13,16H,2,5-6,8-9,11-12H2,1H3. The molecule has 1 aliphatic rings. The van der Waals surface area contributed by atoms with E-state index in [0.717, 1.165) is 44.2 Å². The van der Waals surface area contributed by atoms with Crippen LogP contribution < -0.4 is 10.2 Å². The van der Waals surface area contributed by atoms with Crippen LogP contribution in [0.2, 0.25) is 0 Å². The number of fused-ring (bicyclic) bond motifs is 1. The summed E-state index contributed by atoms with van der Waals surface area (Å²) in [6.07, 6.45) is 5.66. The molecule has 20 heavy (non-hydrogen) atoms. The van der Waals surface area contributed by atoms with Crippen LogP contribution in [0.3, 0.4) is 0 Å². The van der Waals surface area contributed by atoms with E-state index in [1.54, 1.807) is 0 Å². The molecule has 3 rings (SSSR count). The van der Waals surface area contributed by atoms with Crippen LogP contribution in [0.1, 0.15) is 26.2 Å². The molecule has 0 aromatic carbocycles. The zero-order valence-corrected chi connectivity index (χ0v) is 12.1. The number of rotatable bonds is 5. The van der Waals surface area contributed by atoms with Gasteiger partial charge < -0.3 is 10.2 Å². The van der Waals surface area contributed by atoms with Gasteiger partial charge in [0.15, 0.2) is 5.65 Å². The molecule has 1 saturated heterocycles. The maximum absolute atomic E-state index is 4.65. The van der Waals surface area contributed by atoms with Crippen molar-refractivity contribution >= 4 is 11.6 Å². The van der Waals surface area contributed by atoms with Crippen molar-refractivity contribution in [2.75, 3.05) is 31.1 Å². The van der Waals surface area contributed by atoms with Gasteiger partial charge in [0.25, 0.3) is 0 Å². The Kier molecular flexibility index (Phi) is 4.16. The first-order valence-electron chi connectivity index (χ1n) is 7.64. The molecule has 0 saturated carbocycles. The second kappa shape index (κ2) is 6.22. The highest BCUT2D eigenvalue weighted by Gasteiger charge is 2.19. The fraction of sp³-hybridized carbons (Fsp3) is 0.600. The molecule has 5 heteroatoms. The molecule has 1 unspecified atom stereocenters. The summed E-state index contributed by atoms with van der Waals surface area (Å²) in [7, 11) is 0. The highest BCUT2D eigenvalue weighted by Crippen LogP contribution is 2.17. The number of piperidine rings is 1. The average molecular weight is 273 g/mol. The quantitative estimate of drug-likeness (QED) is 0.904. The Morgan fingerprint density at radius 1 is 1.45 bits per heavy atom. The van der Waals surface area contributed by atoms with Gasteiger partial charge in [-0.3, -0.25) is 0 Å². The Balaban J connectivity index is 1.77. The number of nitrogens with one attached hydrogen (secondary N) is 1. The van der Waals surface area contributed by atoms with Gasteiger partial charge in [0.1, 0.15) is 0 Å². The molecule has 0 bridgehead atoms. The van der Waals surface area contributed by atoms with Gasteiger partial charge in [-0.25, -0.2) is 4.52 Å². The smallest absolute Gasteiger partial charge is 0.245 e. The Bertz CT molecular complexity index is 511. The van der Waals surface area contributed by atoms with E-state index in [0.29, 0.717) is 5.92 Å². The lowest BCUT2D eigenvalue weighted by molar-refractivity contribution is 0.375. The van der Waals surface area contributed by atoms with Gasteiger partial charge in [-0.1, -0.05) is 13.0 Å². The van der Waals surface area contributed by atoms with E-state index in [1.807, 2.05) is 28.9 Å². The van der Waals surface area contributed by atoms with Crippen molar-refractivity contribution in [1.82, 2.24) is 19.9 Å². The van der Waals surface area contributed by atoms with Crippen LogP contribution in [0.25, 0.3) is 5.65 Å². The largest absolute Gasteiger partial charge is 0.339 e. The molecular formula is C15H23N5. The molecule has 1 fully saturated rings. The lowest BCUT2D eigenvalue weighted by Gasteiger charge is -2.29. The van der Waals surface area contributed by atoms with Crippen molar-refractivity contribution in [3.05, 3.63) is 24.4 Å². The predicted molar refractivity (Wildman–Crippen MR) is 81.1 cm³/mol. The molecule has 0 radical (unpaired) electrons. The van der Waals surface area contributed by atoms with Crippen LogP contribution in [-0.4, -0.2) is 40.8 Å². The molecule has 0 amide bonds. The SMILES string of the molecule is CCCN(CC1CCCNC1)c1nc2ccccn2n1. The van der Waals surface area contributed by atoms with Gasteiger partial charge in [0, 0.05) is 19.3 Å². The minimum Gasteiger partial charge on any atom is -0.339 e. The summed E-state index contributed by atoms with van der Waals surface area (Å²) < 4.78 is 1.86. The van der Waals surface area contributed by atoms with Gasteiger partial charge in [0.05, 0.1) is 0 Å². The van der Waals surface area contributed by atoms with Crippen molar-refractivity contribution in [2.45, 2.75) is 26.2 Å². The molecule has 108 valence electrons. The Labute approximate surface area is 120 Å². The van der Waals surface area contributed by atoms with E-state index < -0.39 is 0 Å². The monoisotopic (exact) mass is 273 g/mol. The van der Waals surface area contributed by atoms with Gasteiger partial charge in [-0.15, -0.1) is 5.10 Å². The second-order valence-corrected chi connectivity index (χ2v) is 5.57. The molecule has 2 aromatic rings. The minimum absolute atomic E-state index is 0.710. The van der Waals surface area contributed by atoms with Crippen LogP contribution in [0.5, 0.6) is 0 Å². The van der Waals surface area contributed by atoms with Crippen LogP contribution in [0.15, 0.2) is 24.4 Å². The second-order valence-electron chi connectivity index (χ2n) is 5.57. The Morgan fingerprint density at radius 2 is 2.40 bits per heavy atom. The minimum atomic E-state index is 0.710. The lowest BCUT2D eigenvalue weighted by atomic mass is 9.99. The van der Waals surface area contributed by atoms with Crippen LogP contribution in [0.4, 0.5) is 5.95 Å². The number of hydrogen-bond donors (Lipinski definition) is 1. The maximum Gasteiger partial charge on any atom is 0.245 e. The average Bonchev–Trinajstić information content (AvgIpc) is 2.92. The van der Waals surface area contributed by atoms with Crippen molar-refractivity contribution < 1.29 is 0 Å². The third kappa shape index (κ3) is 2.93. The zero-order valence-electron chi connectivity index (χ0n) is 12.1. The Morgan fingerprint density at radius 3 is 3.15 bits per heavy atom. The van der Waals surface area contributed by atoms with Crippen molar-refractivity contribution in [3.8, 4) is 0 Å². The molecule has 2 aromatic heterocycles. The lowest BCUT2D eigenvalue weighted by Crippen LogP contribution is -2.39. The third-order valence-electron chi connectivity index (χ3n) is 3.88. The Hall–Kier alpha value is -1.62. The molecule has 3 heterocycles. The first-order chi connectivity index (χ1) is 9.86. The summed E-state index contributed by atoms with van der Waals surface area (Å²) in [6.45, 7) is 6.57. The number of pyridine rings is 1. The van der Waals surface area contributed by atoms with Gasteiger partial charge in [0.2, 0.25) is 5.95 Å². The van der Waals surface area contributed by atoms with Gasteiger partial charge in [-0.2, -0.15) is 4.98 Å². The highest BCUT2D eigenvalue weighted by atomic mass is 15.4. The maximum atomic E-state index is 4.65. The summed E-state index contributed by atoms with van der Waals surface area (Å²) in [5, 5.41) is 8.10. The predicted octanol–water partition coefficient (Wildman–Crippen LogP) is 1.95. The fourth-order valence-electron chi connectivity index (χ4n) is 2.89. The first kappa shape index (κ1) is 13.4. The van der Waals surface area contributed by atoms with E-state index in [9.17, 15) is 0 Å². The summed E-state index contributed by atoms with van der Waals surface area (Å²) in [5.74, 6) is 1.57. The van der Waals surface area contributed by atoms with E-state index in [1.165, 1.54) is 12.8 Å². The molecule has 1 atom stereocenters. The number of nitrogens with zero attached hydrogens (tertiary/aromatic N) is 4. The molecular weight excluding hydrogens is 250 g/mol. The molecule has 1 aliphatic heterocycles. The van der Waals surface area contributed by atoms with E-state index in [-0.39, 0.29) is 0 Å². The molecule has 0 aliphatic carbocycles. The number of hydrogen-bond acceptors (Lipinski definition) is 4. The number of aromatic nitrogens is 3. The molecule has 0 spiro atoms. The van der Waals surface area contributed by atoms with Crippen LogP contribution in [-0.2, 0) is 0 Å². The van der Waals surface area contributed by atoms with Gasteiger partial charge in [-0.05, 0) is 50.4 Å². The fourth-order valence-corrected chi connectivity index (χ4v) is 2.89. The summed E-state index contributed by atoms with van der Waals surface area (Å²) >= 11 is 0. The van der Waals surface area contributed by atoms with Crippen LogP contribution >= 0.6 is 0 Å². The third-order valence-corrected chi connectivity index (χ3v) is 3.88. The van der Waals surface area contributed by atoms with Crippen molar-refractivity contribution in [2.24, 2.45) is 5.92 Å². The topological polar surface area (TPSA) is 45.5 Å². The van der Waals surface area contributed by atoms with E-state index in [4.69, 9.17) is 0 Å². The van der Waals surface area contributed by atoms with Gasteiger partial charge >= 0.3 is 0 Å². The van der Waals surface area contributed by atoms with Crippen molar-refractivity contribution in [3.63, 3.8) is 0 Å². The van der Waals surface area contributed by atoms with E-state index >= 15 is 0 Å². The van der Waals surface area contributed by atoms with E-state index in [2.05, 4.69) is 27.2 Å². The highest BCUT2D eigenvalue weighted by molar-refractivity contribution is 5.44. The summed E-state index contributed by atoms with van der Waals surface area (Å²) in [4.78, 5) is 6.99. The molecule has 5 nitrogen and oxygen atoms in total. The van der Waals surface area contributed by atoms with Crippen LogP contribution in [0, 0.1) is 5.92 Å². The summed E-state index contributed by atoms with van der Waals surface area (Å²) in [6, 6.07) is 5.99. The molecule has 1 N–H and O–H groups in total. The summed E-state index contributed by atoms with van der Waals surface area (Å²) in [5.41, 5.74) is 0.922. The van der Waals surface area contributed by atoms with Crippen molar-refractivity contribution in [1.29, 1.82) is 0 Å².